The van der Waals surface area contributed by atoms with Gasteiger partial charge in [-0.2, -0.15) is 8.42 Å². The van der Waals surface area contributed by atoms with Crippen LogP contribution < -0.4 is 10.0 Å². The van der Waals surface area contributed by atoms with Crippen molar-refractivity contribution in [1.82, 2.24) is 9.62 Å². The van der Waals surface area contributed by atoms with Gasteiger partial charge >= 0.3 is 0 Å². The Labute approximate surface area is 240 Å². The Bertz CT molecular complexity index is 1670. The summed E-state index contributed by atoms with van der Waals surface area (Å²) in [5.41, 5.74) is 0.735. The number of Topliss-reactive ketones (excluding diaryl/α,β-unsaturated/α-hetero) is 1. The van der Waals surface area contributed by atoms with E-state index in [0.717, 1.165) is 43.3 Å². The largest absolute Gasteiger partial charge is 0.333 e. The number of nitrogens with zero attached hydrogens (tertiary/aromatic N) is 2. The van der Waals surface area contributed by atoms with Crippen molar-refractivity contribution in [3.63, 3.8) is 0 Å². The fourth-order valence-electron chi connectivity index (χ4n) is 6.68. The van der Waals surface area contributed by atoms with Gasteiger partial charge in [-0.15, -0.1) is 15.7 Å². The second-order valence-electron chi connectivity index (χ2n) is 10.8. The fourth-order valence-corrected chi connectivity index (χ4v) is 9.98. The van der Waals surface area contributed by atoms with E-state index in [1.807, 2.05) is 0 Å². The Kier molecular flexibility index (Phi) is 6.85. The van der Waals surface area contributed by atoms with Crippen molar-refractivity contribution in [2.45, 2.75) is 49.7 Å². The lowest BCUT2D eigenvalue weighted by Crippen LogP contribution is -2.66. The van der Waals surface area contributed by atoms with Crippen LogP contribution in [0.2, 0.25) is 5.02 Å². The highest BCUT2D eigenvalue weighted by atomic mass is 35.5. The van der Waals surface area contributed by atoms with E-state index in [2.05, 4.69) is 14.4 Å². The number of rotatable bonds is 6. The molecule has 1 saturated heterocycles. The van der Waals surface area contributed by atoms with Gasteiger partial charge in [0.05, 0.1) is 6.26 Å². The first kappa shape index (κ1) is 27.8. The van der Waals surface area contributed by atoms with Crippen LogP contribution in [0.3, 0.4) is 0 Å². The zero-order valence-electron chi connectivity index (χ0n) is 21.3. The molecule has 2 aliphatic heterocycles. The third-order valence-corrected chi connectivity index (χ3v) is 11.9. The highest BCUT2D eigenvalue weighted by Gasteiger charge is 2.58. The number of amides is 1. The molecule has 3 unspecified atom stereocenters. The van der Waals surface area contributed by atoms with Crippen molar-refractivity contribution >= 4 is 65.5 Å². The number of thiophene rings is 1. The van der Waals surface area contributed by atoms with Gasteiger partial charge in [-0.25, -0.2) is 17.5 Å². The topological polar surface area (TPSA) is 142 Å². The van der Waals surface area contributed by atoms with E-state index >= 15 is 0 Å². The number of benzene rings is 1. The summed E-state index contributed by atoms with van der Waals surface area (Å²) in [5.74, 6) is -3.42. The van der Waals surface area contributed by atoms with Crippen molar-refractivity contribution in [1.29, 1.82) is 0 Å². The van der Waals surface area contributed by atoms with Gasteiger partial charge in [0.15, 0.2) is 11.7 Å². The van der Waals surface area contributed by atoms with E-state index in [-0.39, 0.29) is 63.1 Å². The highest BCUT2D eigenvalue weighted by molar-refractivity contribution is 7.91. The van der Waals surface area contributed by atoms with Crippen LogP contribution in [-0.2, 0) is 42.7 Å². The quantitative estimate of drug-likeness (QED) is 0.468. The molecule has 3 saturated carbocycles. The molecular weight excluding hydrogens is 603 g/mol. The average Bonchev–Trinajstić information content (AvgIpc) is 3.30. The number of hydrogen-bond donors (Lipinski definition) is 2. The first-order valence-corrected chi connectivity index (χ1v) is 17.4. The molecule has 0 radical (unpaired) electrons. The van der Waals surface area contributed by atoms with Crippen LogP contribution in [-0.4, -0.2) is 51.6 Å². The van der Waals surface area contributed by atoms with E-state index in [4.69, 9.17) is 11.6 Å². The number of carbonyl (C=O) groups excluding carboxylic acids is 2. The van der Waals surface area contributed by atoms with Crippen LogP contribution >= 0.6 is 22.9 Å². The van der Waals surface area contributed by atoms with Gasteiger partial charge in [0.25, 0.3) is 10.0 Å². The predicted molar refractivity (Wildman–Crippen MR) is 147 cm³/mol. The maximum absolute atomic E-state index is 14.1. The van der Waals surface area contributed by atoms with Gasteiger partial charge in [0.2, 0.25) is 15.9 Å². The molecule has 40 heavy (non-hydrogen) atoms. The minimum absolute atomic E-state index is 0.0533. The smallest absolute Gasteiger partial charge is 0.287 e. The fraction of sp³-hybridized carbons (Fsp3) is 0.480. The molecular formula is C25H26ClFN4O6S3. The van der Waals surface area contributed by atoms with Crippen molar-refractivity contribution in [2.24, 2.45) is 28.1 Å². The zero-order valence-corrected chi connectivity index (χ0v) is 24.5. The summed E-state index contributed by atoms with van der Waals surface area (Å²) in [4.78, 5) is 29.5. The SMILES string of the molecule is CS(=O)(=O)NCc1csc2c1S(=O)(=O)N=C(C1C(=O)C3C4CCC(CC4)C3N(Cc3ccc(F)cc3Cl)C1=O)N2. The number of carbonyl (C=O) groups is 2. The summed E-state index contributed by atoms with van der Waals surface area (Å²) >= 11 is 7.33. The molecule has 7 rings (SSSR count). The lowest BCUT2D eigenvalue weighted by Gasteiger charge is -2.55. The maximum Gasteiger partial charge on any atom is 0.287 e. The molecule has 214 valence electrons. The van der Waals surface area contributed by atoms with E-state index in [1.54, 1.807) is 4.90 Å². The molecule has 2 bridgehead atoms. The molecule has 1 aromatic heterocycles. The number of ketones is 1. The van der Waals surface area contributed by atoms with E-state index in [9.17, 15) is 30.8 Å². The number of piperidine rings is 1. The first-order valence-electron chi connectivity index (χ1n) is 12.8. The summed E-state index contributed by atoms with van der Waals surface area (Å²) < 4.78 is 69.6. The standard InChI is InChI=1S/C25H26ClFN4O6S3/c1-39(34,35)28-9-15-11-38-24-22(15)40(36,37)30-23(29-24)19-21(32)18-12-2-4-13(5-3-12)20(18)31(25(19)33)10-14-6-7-16(27)8-17(14)26/h6-8,11-13,18-20,28H,2-5,9-10H2,1H3,(H,29,30). The van der Waals surface area contributed by atoms with Crippen molar-refractivity contribution in [2.75, 3.05) is 11.6 Å². The van der Waals surface area contributed by atoms with Gasteiger partial charge < -0.3 is 10.2 Å². The van der Waals surface area contributed by atoms with Crippen LogP contribution in [0.15, 0.2) is 32.9 Å². The Morgan fingerprint density at radius 1 is 1.18 bits per heavy atom. The minimum atomic E-state index is -4.35. The number of likely N-dealkylation sites (tertiary alicyclic amines) is 1. The van der Waals surface area contributed by atoms with Crippen LogP contribution in [0, 0.1) is 29.5 Å². The third-order valence-electron chi connectivity index (χ3n) is 8.37. The summed E-state index contributed by atoms with van der Waals surface area (Å²) in [6, 6.07) is 3.59. The molecule has 3 heterocycles. The molecule has 1 aromatic carbocycles. The molecule has 3 atom stereocenters. The third kappa shape index (κ3) is 4.77. The lowest BCUT2D eigenvalue weighted by atomic mass is 9.57. The van der Waals surface area contributed by atoms with E-state index < -0.39 is 43.6 Å². The Morgan fingerprint density at radius 2 is 1.88 bits per heavy atom. The van der Waals surface area contributed by atoms with Crippen LogP contribution in [0.5, 0.6) is 0 Å². The zero-order chi connectivity index (χ0) is 28.6. The molecule has 3 aliphatic carbocycles. The average molecular weight is 629 g/mol. The van der Waals surface area contributed by atoms with Crippen LogP contribution in [0.25, 0.3) is 0 Å². The summed E-state index contributed by atoms with van der Waals surface area (Å²) in [6.07, 6.45) is 4.45. The Morgan fingerprint density at radius 3 is 2.55 bits per heavy atom. The van der Waals surface area contributed by atoms with Crippen LogP contribution in [0.4, 0.5) is 9.39 Å². The summed E-state index contributed by atoms with van der Waals surface area (Å²) in [7, 11) is -7.94. The van der Waals surface area contributed by atoms with Crippen molar-refractivity contribution in [3.05, 3.63) is 45.5 Å². The molecule has 4 fully saturated rings. The molecule has 10 nitrogen and oxygen atoms in total. The molecule has 0 spiro atoms. The second kappa shape index (κ2) is 9.86. The monoisotopic (exact) mass is 628 g/mol. The number of halogens is 2. The Hall–Kier alpha value is -2.39. The van der Waals surface area contributed by atoms with Crippen molar-refractivity contribution < 1.29 is 30.8 Å². The van der Waals surface area contributed by atoms with E-state index in [1.165, 1.54) is 23.6 Å². The Balaban J connectivity index is 1.38. The van der Waals surface area contributed by atoms with Crippen LogP contribution in [0.1, 0.15) is 36.8 Å². The van der Waals surface area contributed by atoms with Gasteiger partial charge in [0.1, 0.15) is 21.5 Å². The number of amidine groups is 1. The summed E-state index contributed by atoms with van der Waals surface area (Å²) in [5, 5.41) is 4.73. The number of sulfonamides is 2. The maximum atomic E-state index is 14.1. The van der Waals surface area contributed by atoms with Gasteiger partial charge in [-0.3, -0.25) is 9.59 Å². The van der Waals surface area contributed by atoms with Crippen molar-refractivity contribution in [3.8, 4) is 0 Å². The number of nitrogens with one attached hydrogen (secondary N) is 2. The predicted octanol–water partition coefficient (Wildman–Crippen LogP) is 3.14. The first-order chi connectivity index (χ1) is 18.8. The number of anilines is 1. The molecule has 5 aliphatic rings. The number of hydrogen-bond acceptors (Lipinski definition) is 8. The highest BCUT2D eigenvalue weighted by Crippen LogP contribution is 2.51. The molecule has 2 aromatic rings. The second-order valence-corrected chi connectivity index (χ2v) is 15.5. The summed E-state index contributed by atoms with van der Waals surface area (Å²) in [6.45, 7) is -0.200. The van der Waals surface area contributed by atoms with Gasteiger partial charge in [0, 0.05) is 35.6 Å². The molecule has 15 heteroatoms. The van der Waals surface area contributed by atoms with Gasteiger partial charge in [-0.05, 0) is 60.6 Å². The van der Waals surface area contributed by atoms with Gasteiger partial charge in [-0.1, -0.05) is 17.7 Å². The normalized spacial score (nSPS) is 29.0. The lowest BCUT2D eigenvalue weighted by molar-refractivity contribution is -0.162. The molecule has 2 N–H and O–H groups in total. The minimum Gasteiger partial charge on any atom is -0.333 e. The molecule has 1 amide bonds. The van der Waals surface area contributed by atoms with E-state index in [0.29, 0.717) is 5.56 Å². The number of fused-ring (bicyclic) bond motifs is 3.